The molecule has 2 atom stereocenters. The number of carbonyl (C=O) groups excluding carboxylic acids is 1. The number of likely N-dealkylation sites (tertiary alicyclic amines) is 1. The Morgan fingerprint density at radius 2 is 2.38 bits per heavy atom. The van der Waals surface area contributed by atoms with Crippen LogP contribution in [0.15, 0.2) is 16.7 Å². The first kappa shape index (κ1) is 16.2. The average Bonchev–Trinajstić information content (AvgIpc) is 2.48. The fraction of sp³-hybridized carbons (Fsp3) is 0.600. The second-order valence-corrected chi connectivity index (χ2v) is 6.48. The van der Waals surface area contributed by atoms with Crippen molar-refractivity contribution in [3.63, 3.8) is 0 Å². The Kier molecular flexibility index (Phi) is 5.58. The molecule has 0 aromatic carbocycles. The van der Waals surface area contributed by atoms with Gasteiger partial charge in [0.25, 0.3) is 5.91 Å². The Balaban J connectivity index is 2.19. The monoisotopic (exact) mass is 355 g/mol. The number of carbonyl (C=O) groups is 1. The second-order valence-electron chi connectivity index (χ2n) is 5.56. The highest BCUT2D eigenvalue weighted by Gasteiger charge is 2.29. The summed E-state index contributed by atoms with van der Waals surface area (Å²) in [4.78, 5) is 18.8. The molecule has 1 aliphatic heterocycles. The topological polar surface area (TPSA) is 65.5 Å². The highest BCUT2D eigenvalue weighted by Crippen LogP contribution is 2.23. The maximum atomic E-state index is 12.7. The summed E-state index contributed by atoms with van der Waals surface area (Å²) in [5.41, 5.74) is 0.585. The Bertz CT molecular complexity index is 510. The summed E-state index contributed by atoms with van der Waals surface area (Å²) in [7, 11) is 0. The highest BCUT2D eigenvalue weighted by atomic mass is 79.9. The quantitative estimate of drug-likeness (QED) is 0.870. The van der Waals surface area contributed by atoms with Crippen LogP contribution in [0.1, 0.15) is 37.0 Å². The number of piperidine rings is 1. The molecule has 5 nitrogen and oxygen atoms in total. The van der Waals surface area contributed by atoms with Gasteiger partial charge in [0.05, 0.1) is 11.7 Å². The van der Waals surface area contributed by atoms with Gasteiger partial charge in [-0.2, -0.15) is 0 Å². The minimum absolute atomic E-state index is 0.0267. The van der Waals surface area contributed by atoms with E-state index in [2.05, 4.69) is 33.2 Å². The van der Waals surface area contributed by atoms with Crippen molar-refractivity contribution in [1.82, 2.24) is 9.88 Å². The van der Waals surface area contributed by atoms with Gasteiger partial charge >= 0.3 is 0 Å². The van der Waals surface area contributed by atoms with Gasteiger partial charge in [0.1, 0.15) is 5.82 Å². The van der Waals surface area contributed by atoms with Crippen LogP contribution in [0.3, 0.4) is 0 Å². The van der Waals surface area contributed by atoms with Gasteiger partial charge in [0, 0.05) is 30.3 Å². The fourth-order valence-electron chi connectivity index (χ4n) is 2.47. The standard InChI is InChI=1S/C15H22BrN3O2/c1-3-5-17-14-12(7-11(16)8-18-14)15(21)19-6-4-13(20)10(2)9-19/h7-8,10,13,20H,3-6,9H2,1-2H3,(H,17,18). The molecule has 1 aromatic heterocycles. The molecular formula is C15H22BrN3O2. The van der Waals surface area contributed by atoms with E-state index in [0.29, 0.717) is 30.9 Å². The summed E-state index contributed by atoms with van der Waals surface area (Å²) in [6.07, 6.45) is 2.98. The number of hydrogen-bond donors (Lipinski definition) is 2. The zero-order chi connectivity index (χ0) is 15.4. The number of halogens is 1. The lowest BCUT2D eigenvalue weighted by Crippen LogP contribution is -2.45. The number of amides is 1. The van der Waals surface area contributed by atoms with Gasteiger partial charge in [-0.15, -0.1) is 0 Å². The predicted octanol–water partition coefficient (Wildman–Crippen LogP) is 2.51. The maximum absolute atomic E-state index is 12.7. The van der Waals surface area contributed by atoms with Crippen LogP contribution in [0.5, 0.6) is 0 Å². The third-order valence-corrected chi connectivity index (χ3v) is 4.21. The summed E-state index contributed by atoms with van der Waals surface area (Å²) < 4.78 is 0.790. The number of nitrogens with one attached hydrogen (secondary N) is 1. The number of aromatic nitrogens is 1. The summed E-state index contributed by atoms with van der Waals surface area (Å²) in [5.74, 6) is 0.708. The first-order chi connectivity index (χ1) is 10.0. The zero-order valence-corrected chi connectivity index (χ0v) is 14.1. The predicted molar refractivity (Wildman–Crippen MR) is 86.4 cm³/mol. The lowest BCUT2D eigenvalue weighted by Gasteiger charge is -2.34. The van der Waals surface area contributed by atoms with E-state index in [1.807, 2.05) is 13.0 Å². The third kappa shape index (κ3) is 3.95. The normalized spacial score (nSPS) is 22.2. The van der Waals surface area contributed by atoms with Crippen LogP contribution in [0, 0.1) is 5.92 Å². The smallest absolute Gasteiger partial charge is 0.257 e. The molecule has 6 heteroatoms. The number of aliphatic hydroxyl groups excluding tert-OH is 1. The van der Waals surface area contributed by atoms with Crippen molar-refractivity contribution >= 4 is 27.7 Å². The van der Waals surface area contributed by atoms with Crippen molar-refractivity contribution in [3.05, 3.63) is 22.3 Å². The number of hydrogen-bond acceptors (Lipinski definition) is 4. The molecule has 2 rings (SSSR count). The van der Waals surface area contributed by atoms with Crippen LogP contribution >= 0.6 is 15.9 Å². The number of anilines is 1. The van der Waals surface area contributed by atoms with Gasteiger partial charge in [0.15, 0.2) is 0 Å². The molecular weight excluding hydrogens is 334 g/mol. The Labute approximate surface area is 133 Å². The lowest BCUT2D eigenvalue weighted by molar-refractivity contribution is 0.0298. The molecule has 1 aromatic rings. The summed E-state index contributed by atoms with van der Waals surface area (Å²) in [6, 6.07) is 1.81. The minimum atomic E-state index is -0.313. The Morgan fingerprint density at radius 1 is 1.62 bits per heavy atom. The molecule has 1 saturated heterocycles. The summed E-state index contributed by atoms with van der Waals surface area (Å²) in [6.45, 7) is 5.99. The first-order valence-corrected chi connectivity index (χ1v) is 8.19. The van der Waals surface area contributed by atoms with E-state index in [9.17, 15) is 9.90 Å². The second kappa shape index (κ2) is 7.22. The lowest BCUT2D eigenvalue weighted by atomic mass is 9.96. The van der Waals surface area contributed by atoms with Gasteiger partial charge in [-0.05, 0) is 40.8 Å². The van der Waals surface area contributed by atoms with Gasteiger partial charge in [-0.25, -0.2) is 4.98 Å². The van der Waals surface area contributed by atoms with Gasteiger partial charge in [-0.1, -0.05) is 13.8 Å². The van der Waals surface area contributed by atoms with Crippen LogP contribution < -0.4 is 5.32 Å². The summed E-state index contributed by atoms with van der Waals surface area (Å²) in [5, 5.41) is 13.0. The van der Waals surface area contributed by atoms with Crippen LogP contribution in [0.2, 0.25) is 0 Å². The molecule has 1 amide bonds. The maximum Gasteiger partial charge on any atom is 0.257 e. The largest absolute Gasteiger partial charge is 0.393 e. The number of rotatable bonds is 4. The van der Waals surface area contributed by atoms with Crippen molar-refractivity contribution in [2.24, 2.45) is 5.92 Å². The van der Waals surface area contributed by atoms with Gasteiger partial charge in [-0.3, -0.25) is 4.79 Å². The molecule has 0 saturated carbocycles. The van der Waals surface area contributed by atoms with E-state index in [0.717, 1.165) is 17.4 Å². The molecule has 0 aliphatic carbocycles. The molecule has 2 heterocycles. The number of aliphatic hydroxyl groups is 1. The number of pyridine rings is 1. The molecule has 116 valence electrons. The van der Waals surface area contributed by atoms with Crippen LogP contribution in [-0.4, -0.2) is 46.6 Å². The van der Waals surface area contributed by atoms with E-state index in [4.69, 9.17) is 0 Å². The van der Waals surface area contributed by atoms with Crippen molar-refractivity contribution in [2.45, 2.75) is 32.8 Å². The molecule has 1 aliphatic rings. The molecule has 0 radical (unpaired) electrons. The van der Waals surface area contributed by atoms with E-state index in [1.54, 1.807) is 11.1 Å². The molecule has 0 spiro atoms. The minimum Gasteiger partial charge on any atom is -0.393 e. The Hall–Kier alpha value is -1.14. The van der Waals surface area contributed by atoms with E-state index in [1.165, 1.54) is 0 Å². The molecule has 1 fully saturated rings. The number of nitrogens with zero attached hydrogens (tertiary/aromatic N) is 2. The van der Waals surface area contributed by atoms with Crippen LogP contribution in [-0.2, 0) is 0 Å². The van der Waals surface area contributed by atoms with Crippen LogP contribution in [0.25, 0.3) is 0 Å². The third-order valence-electron chi connectivity index (χ3n) is 3.77. The molecule has 2 unspecified atom stereocenters. The molecule has 21 heavy (non-hydrogen) atoms. The highest BCUT2D eigenvalue weighted by molar-refractivity contribution is 9.10. The van der Waals surface area contributed by atoms with E-state index >= 15 is 0 Å². The molecule has 2 N–H and O–H groups in total. The van der Waals surface area contributed by atoms with Gasteiger partial charge < -0.3 is 15.3 Å². The van der Waals surface area contributed by atoms with Crippen LogP contribution in [0.4, 0.5) is 5.82 Å². The average molecular weight is 356 g/mol. The Morgan fingerprint density at radius 3 is 3.05 bits per heavy atom. The van der Waals surface area contributed by atoms with Crippen molar-refractivity contribution in [2.75, 3.05) is 25.0 Å². The van der Waals surface area contributed by atoms with Crippen molar-refractivity contribution < 1.29 is 9.90 Å². The van der Waals surface area contributed by atoms with Crippen molar-refractivity contribution in [1.29, 1.82) is 0 Å². The SMILES string of the molecule is CCCNc1ncc(Br)cc1C(=O)N1CCC(O)C(C)C1. The van der Waals surface area contributed by atoms with Gasteiger partial charge in [0.2, 0.25) is 0 Å². The fourth-order valence-corrected chi connectivity index (χ4v) is 2.81. The zero-order valence-electron chi connectivity index (χ0n) is 12.5. The summed E-state index contributed by atoms with van der Waals surface area (Å²) >= 11 is 3.38. The van der Waals surface area contributed by atoms with Crippen molar-refractivity contribution in [3.8, 4) is 0 Å². The molecule has 0 bridgehead atoms. The van der Waals surface area contributed by atoms with E-state index < -0.39 is 0 Å². The first-order valence-electron chi connectivity index (χ1n) is 7.39. The van der Waals surface area contributed by atoms with E-state index in [-0.39, 0.29) is 17.9 Å².